The summed E-state index contributed by atoms with van der Waals surface area (Å²) < 4.78 is 0. The highest BCUT2D eigenvalue weighted by molar-refractivity contribution is 7.99. The number of nitrogens with zero attached hydrogens (tertiary/aromatic N) is 4. The average molecular weight is 341 g/mol. The number of aromatic hydroxyl groups is 1. The SMILES string of the molecule is O=[N+]([O-])c1cc(C=Nc2ccc(O)cc2)ccc1Sc1ncn[nH]1. The third-order valence-corrected chi connectivity index (χ3v) is 3.95. The molecule has 0 saturated carbocycles. The van der Waals surface area contributed by atoms with Gasteiger partial charge in [-0.15, -0.1) is 0 Å². The van der Waals surface area contributed by atoms with Crippen LogP contribution in [0.1, 0.15) is 5.56 Å². The van der Waals surface area contributed by atoms with Gasteiger partial charge in [0.2, 0.25) is 0 Å². The molecule has 0 radical (unpaired) electrons. The number of aliphatic imine (C=N–C) groups is 1. The fourth-order valence-electron chi connectivity index (χ4n) is 1.88. The second-order valence-electron chi connectivity index (χ2n) is 4.65. The van der Waals surface area contributed by atoms with Crippen molar-refractivity contribution in [2.24, 2.45) is 4.99 Å². The Bertz CT molecular complexity index is 879. The van der Waals surface area contributed by atoms with Crippen LogP contribution in [-0.4, -0.2) is 31.4 Å². The van der Waals surface area contributed by atoms with Gasteiger partial charge in [-0.05, 0) is 47.7 Å². The number of nitro benzene ring substituents is 1. The lowest BCUT2D eigenvalue weighted by Gasteiger charge is -2.02. The first-order chi connectivity index (χ1) is 11.6. The fraction of sp³-hybridized carbons (Fsp3) is 0. The summed E-state index contributed by atoms with van der Waals surface area (Å²) in [6.07, 6.45) is 2.87. The van der Waals surface area contributed by atoms with Gasteiger partial charge in [-0.1, -0.05) is 6.07 Å². The zero-order valence-electron chi connectivity index (χ0n) is 12.2. The Morgan fingerprint density at radius 3 is 2.71 bits per heavy atom. The fourth-order valence-corrected chi connectivity index (χ4v) is 2.66. The van der Waals surface area contributed by atoms with Crippen LogP contribution >= 0.6 is 11.8 Å². The number of benzene rings is 2. The highest BCUT2D eigenvalue weighted by atomic mass is 32.2. The Morgan fingerprint density at radius 2 is 2.04 bits per heavy atom. The van der Waals surface area contributed by atoms with Crippen LogP contribution in [0.15, 0.2) is 63.8 Å². The molecule has 0 bridgehead atoms. The lowest BCUT2D eigenvalue weighted by atomic mass is 10.2. The Labute approximate surface area is 140 Å². The molecule has 0 unspecified atom stereocenters. The molecule has 0 spiro atoms. The van der Waals surface area contributed by atoms with Crippen LogP contribution in [0.4, 0.5) is 11.4 Å². The topological polar surface area (TPSA) is 117 Å². The van der Waals surface area contributed by atoms with Crippen LogP contribution in [0.5, 0.6) is 5.75 Å². The number of phenols is 1. The quantitative estimate of drug-likeness (QED) is 0.417. The molecule has 0 saturated heterocycles. The summed E-state index contributed by atoms with van der Waals surface area (Å²) in [6, 6.07) is 11.2. The van der Waals surface area contributed by atoms with E-state index in [4.69, 9.17) is 0 Å². The van der Waals surface area contributed by atoms with Gasteiger partial charge in [0.25, 0.3) is 5.69 Å². The minimum Gasteiger partial charge on any atom is -0.508 e. The lowest BCUT2D eigenvalue weighted by molar-refractivity contribution is -0.387. The molecule has 1 aromatic heterocycles. The number of rotatable bonds is 5. The van der Waals surface area contributed by atoms with E-state index in [0.29, 0.717) is 21.3 Å². The predicted octanol–water partition coefficient (Wildman–Crippen LogP) is 3.32. The number of phenolic OH excluding ortho intramolecular Hbond substituents is 1. The van der Waals surface area contributed by atoms with Crippen molar-refractivity contribution in [2.45, 2.75) is 10.1 Å². The second-order valence-corrected chi connectivity index (χ2v) is 5.68. The molecule has 3 rings (SSSR count). The summed E-state index contributed by atoms with van der Waals surface area (Å²) in [5.41, 5.74) is 1.19. The molecule has 0 aliphatic rings. The largest absolute Gasteiger partial charge is 0.508 e. The summed E-state index contributed by atoms with van der Waals surface area (Å²) in [7, 11) is 0. The van der Waals surface area contributed by atoms with E-state index in [2.05, 4.69) is 20.2 Å². The smallest absolute Gasteiger partial charge is 0.283 e. The van der Waals surface area contributed by atoms with Crippen molar-refractivity contribution in [3.63, 3.8) is 0 Å². The molecular weight excluding hydrogens is 330 g/mol. The van der Waals surface area contributed by atoms with Crippen molar-refractivity contribution in [2.75, 3.05) is 0 Å². The van der Waals surface area contributed by atoms with Gasteiger partial charge in [0.15, 0.2) is 5.16 Å². The molecule has 9 heteroatoms. The highest BCUT2D eigenvalue weighted by Crippen LogP contribution is 2.33. The zero-order valence-corrected chi connectivity index (χ0v) is 13.0. The van der Waals surface area contributed by atoms with Gasteiger partial charge in [-0.25, -0.2) is 4.98 Å². The Kier molecular flexibility index (Phi) is 4.52. The van der Waals surface area contributed by atoms with Crippen LogP contribution in [0.3, 0.4) is 0 Å². The molecule has 2 aromatic carbocycles. The van der Waals surface area contributed by atoms with Crippen molar-refractivity contribution < 1.29 is 10.0 Å². The number of aromatic amines is 1. The van der Waals surface area contributed by atoms with Crippen LogP contribution < -0.4 is 0 Å². The number of hydrogen-bond acceptors (Lipinski definition) is 7. The summed E-state index contributed by atoms with van der Waals surface area (Å²) in [6.45, 7) is 0. The minimum absolute atomic E-state index is 0.0361. The molecular formula is C15H11N5O3S. The third kappa shape index (κ3) is 3.76. The van der Waals surface area contributed by atoms with Gasteiger partial charge in [0.05, 0.1) is 15.5 Å². The van der Waals surface area contributed by atoms with Crippen LogP contribution in [0.2, 0.25) is 0 Å². The summed E-state index contributed by atoms with van der Waals surface area (Å²) in [4.78, 5) is 19.5. The van der Waals surface area contributed by atoms with Gasteiger partial charge in [-0.2, -0.15) is 5.10 Å². The molecule has 0 fully saturated rings. The van der Waals surface area contributed by atoms with Crippen molar-refractivity contribution in [3.05, 3.63) is 64.5 Å². The summed E-state index contributed by atoms with van der Waals surface area (Å²) >= 11 is 1.13. The molecule has 1 heterocycles. The van der Waals surface area contributed by atoms with E-state index in [-0.39, 0.29) is 11.4 Å². The molecule has 0 atom stereocenters. The van der Waals surface area contributed by atoms with Gasteiger partial charge >= 0.3 is 0 Å². The standard InChI is InChI=1S/C15H11N5O3S/c21-12-4-2-11(3-5-12)16-8-10-1-6-14(13(7-10)20(22)23)24-15-17-9-18-19-15/h1-9,21H,(H,17,18,19). The molecule has 0 aliphatic carbocycles. The first-order valence-electron chi connectivity index (χ1n) is 6.76. The number of nitro groups is 1. The highest BCUT2D eigenvalue weighted by Gasteiger charge is 2.16. The second kappa shape index (κ2) is 6.92. The monoisotopic (exact) mass is 341 g/mol. The van der Waals surface area contributed by atoms with E-state index in [1.54, 1.807) is 24.3 Å². The van der Waals surface area contributed by atoms with Crippen molar-refractivity contribution in [3.8, 4) is 5.75 Å². The van der Waals surface area contributed by atoms with Crippen molar-refractivity contribution in [1.82, 2.24) is 15.2 Å². The maximum Gasteiger partial charge on any atom is 0.283 e. The van der Waals surface area contributed by atoms with Gasteiger partial charge in [0.1, 0.15) is 12.1 Å². The molecule has 3 aromatic rings. The lowest BCUT2D eigenvalue weighted by Crippen LogP contribution is -1.93. The predicted molar refractivity (Wildman–Crippen MR) is 89.0 cm³/mol. The van der Waals surface area contributed by atoms with E-state index in [0.717, 1.165) is 11.8 Å². The maximum atomic E-state index is 11.3. The Balaban J connectivity index is 1.85. The molecule has 120 valence electrons. The minimum atomic E-state index is -0.448. The molecule has 24 heavy (non-hydrogen) atoms. The van der Waals surface area contributed by atoms with E-state index < -0.39 is 4.92 Å². The Hall–Kier alpha value is -3.20. The molecule has 8 nitrogen and oxygen atoms in total. The molecule has 0 aliphatic heterocycles. The van der Waals surface area contributed by atoms with Crippen molar-refractivity contribution in [1.29, 1.82) is 0 Å². The number of aromatic nitrogens is 3. The van der Waals surface area contributed by atoms with Crippen molar-refractivity contribution >= 4 is 29.4 Å². The number of H-pyrrole nitrogens is 1. The van der Waals surface area contributed by atoms with Crippen LogP contribution in [0.25, 0.3) is 0 Å². The normalized spacial score (nSPS) is 11.0. The van der Waals surface area contributed by atoms with Gasteiger partial charge in [-0.3, -0.25) is 20.2 Å². The van der Waals surface area contributed by atoms with E-state index in [1.807, 2.05) is 0 Å². The van der Waals surface area contributed by atoms with E-state index in [1.165, 1.54) is 30.7 Å². The molecule has 2 N–H and O–H groups in total. The summed E-state index contributed by atoms with van der Waals surface area (Å²) in [5, 5.41) is 27.4. The first-order valence-corrected chi connectivity index (χ1v) is 7.58. The first kappa shape index (κ1) is 15.7. The number of hydrogen-bond donors (Lipinski definition) is 2. The zero-order chi connectivity index (χ0) is 16.9. The van der Waals surface area contributed by atoms with Crippen LogP contribution in [0, 0.1) is 10.1 Å². The summed E-state index contributed by atoms with van der Waals surface area (Å²) in [5.74, 6) is 0.151. The average Bonchev–Trinajstić information content (AvgIpc) is 3.08. The van der Waals surface area contributed by atoms with Gasteiger partial charge < -0.3 is 5.11 Å². The third-order valence-electron chi connectivity index (χ3n) is 2.99. The molecule has 0 amide bonds. The van der Waals surface area contributed by atoms with Crippen LogP contribution in [-0.2, 0) is 0 Å². The maximum absolute atomic E-state index is 11.3. The van der Waals surface area contributed by atoms with E-state index >= 15 is 0 Å². The Morgan fingerprint density at radius 1 is 1.25 bits per heavy atom. The van der Waals surface area contributed by atoms with E-state index in [9.17, 15) is 15.2 Å². The van der Waals surface area contributed by atoms with Gasteiger partial charge in [0, 0.05) is 12.3 Å². The number of nitrogens with one attached hydrogen (secondary N) is 1.